The molecule has 4 nitrogen and oxygen atoms in total. The lowest BCUT2D eigenvalue weighted by atomic mass is 10.2. The van der Waals surface area contributed by atoms with Gasteiger partial charge >= 0.3 is 0 Å². The summed E-state index contributed by atoms with van der Waals surface area (Å²) in [6, 6.07) is 7.14. The fraction of sp³-hybridized carbons (Fsp3) is 0.385. The Kier molecular flexibility index (Phi) is 5.58. The first-order valence-corrected chi connectivity index (χ1v) is 6.20. The molecule has 98 valence electrons. The number of nitrogens with one attached hydrogen (secondary N) is 1. The monoisotopic (exact) mass is 266 g/mol. The molecule has 0 aliphatic rings. The maximum Gasteiger partial charge on any atom is 0.257 e. The van der Waals surface area contributed by atoms with E-state index in [-0.39, 0.29) is 17.5 Å². The zero-order valence-corrected chi connectivity index (χ0v) is 11.4. The van der Waals surface area contributed by atoms with Gasteiger partial charge in [0.15, 0.2) is 6.61 Å². The van der Waals surface area contributed by atoms with Crippen LogP contribution in [0.2, 0.25) is 0 Å². The zero-order valence-electron chi connectivity index (χ0n) is 10.6. The Morgan fingerprint density at radius 3 is 2.72 bits per heavy atom. The van der Waals surface area contributed by atoms with Crippen molar-refractivity contribution in [2.75, 3.05) is 13.2 Å². The van der Waals surface area contributed by atoms with Crippen molar-refractivity contribution in [1.82, 2.24) is 5.32 Å². The molecule has 0 radical (unpaired) electrons. The average molecular weight is 266 g/mol. The summed E-state index contributed by atoms with van der Waals surface area (Å²) in [5, 5.41) is 2.77. The van der Waals surface area contributed by atoms with Gasteiger partial charge in [0.25, 0.3) is 5.91 Å². The number of carbonyl (C=O) groups excluding carboxylic acids is 1. The summed E-state index contributed by atoms with van der Waals surface area (Å²) in [6.45, 7) is 4.66. The predicted molar refractivity (Wildman–Crippen MR) is 75.7 cm³/mol. The summed E-state index contributed by atoms with van der Waals surface area (Å²) in [5.41, 5.74) is 6.21. The third-order valence-electron chi connectivity index (χ3n) is 2.22. The molecule has 0 saturated carbocycles. The molecule has 5 heteroatoms. The largest absolute Gasteiger partial charge is 0.483 e. The Hall–Kier alpha value is -1.62. The molecule has 1 rings (SSSR count). The minimum atomic E-state index is -0.151. The molecule has 0 spiro atoms. The summed E-state index contributed by atoms with van der Waals surface area (Å²) in [5.74, 6) is 0.795. The van der Waals surface area contributed by atoms with Gasteiger partial charge in [-0.05, 0) is 18.1 Å². The second-order valence-electron chi connectivity index (χ2n) is 4.35. The van der Waals surface area contributed by atoms with Crippen LogP contribution in [-0.2, 0) is 4.79 Å². The molecular formula is C13H18N2O2S. The molecule has 0 heterocycles. The molecule has 0 atom stereocenters. The number of hydrogen-bond donors (Lipinski definition) is 2. The van der Waals surface area contributed by atoms with Crippen LogP contribution in [0, 0.1) is 5.92 Å². The van der Waals surface area contributed by atoms with Gasteiger partial charge in [0, 0.05) is 6.54 Å². The number of amides is 1. The van der Waals surface area contributed by atoms with Crippen molar-refractivity contribution in [1.29, 1.82) is 0 Å². The second-order valence-corrected chi connectivity index (χ2v) is 4.79. The molecule has 1 amide bonds. The fourth-order valence-corrected chi connectivity index (χ4v) is 1.48. The lowest BCUT2D eigenvalue weighted by molar-refractivity contribution is -0.123. The van der Waals surface area contributed by atoms with Crippen LogP contribution in [0.1, 0.15) is 19.4 Å². The molecule has 0 bridgehead atoms. The Labute approximate surface area is 113 Å². The van der Waals surface area contributed by atoms with E-state index < -0.39 is 0 Å². The van der Waals surface area contributed by atoms with E-state index in [0.717, 1.165) is 0 Å². The number of hydrogen-bond acceptors (Lipinski definition) is 3. The maximum absolute atomic E-state index is 11.5. The van der Waals surface area contributed by atoms with Gasteiger partial charge in [-0.15, -0.1) is 0 Å². The van der Waals surface area contributed by atoms with Gasteiger partial charge in [0.2, 0.25) is 0 Å². The highest BCUT2D eigenvalue weighted by Crippen LogP contribution is 2.17. The minimum Gasteiger partial charge on any atom is -0.483 e. The van der Waals surface area contributed by atoms with Crippen LogP contribution in [0.3, 0.4) is 0 Å². The molecule has 18 heavy (non-hydrogen) atoms. The molecule has 3 N–H and O–H groups in total. The fourth-order valence-electron chi connectivity index (χ4n) is 1.31. The van der Waals surface area contributed by atoms with E-state index in [2.05, 4.69) is 5.32 Å². The highest BCUT2D eigenvalue weighted by Gasteiger charge is 2.08. The van der Waals surface area contributed by atoms with E-state index in [0.29, 0.717) is 23.8 Å². The summed E-state index contributed by atoms with van der Waals surface area (Å²) < 4.78 is 5.41. The number of ether oxygens (including phenoxy) is 1. The smallest absolute Gasteiger partial charge is 0.257 e. The molecule has 0 fully saturated rings. The molecule has 0 aliphatic heterocycles. The van der Waals surface area contributed by atoms with Crippen LogP contribution < -0.4 is 15.8 Å². The number of benzene rings is 1. The van der Waals surface area contributed by atoms with Crippen LogP contribution in [0.25, 0.3) is 0 Å². The zero-order chi connectivity index (χ0) is 13.5. The van der Waals surface area contributed by atoms with Crippen LogP contribution in [0.15, 0.2) is 24.3 Å². The summed E-state index contributed by atoms with van der Waals surface area (Å²) in [6.07, 6.45) is 0. The summed E-state index contributed by atoms with van der Waals surface area (Å²) in [4.78, 5) is 11.8. The Balaban J connectivity index is 2.53. The summed E-state index contributed by atoms with van der Waals surface area (Å²) >= 11 is 4.91. The molecule has 0 aromatic heterocycles. The maximum atomic E-state index is 11.5. The standard InChI is InChI=1S/C13H18N2O2S/c1-9(2)7-15-12(16)8-17-11-6-4-3-5-10(11)13(14)18/h3-6,9H,7-8H2,1-2H3,(H2,14,18)(H,15,16). The molecule has 0 aliphatic carbocycles. The lowest BCUT2D eigenvalue weighted by Gasteiger charge is -2.11. The Morgan fingerprint density at radius 1 is 1.44 bits per heavy atom. The summed E-state index contributed by atoms with van der Waals surface area (Å²) in [7, 11) is 0. The van der Waals surface area contributed by atoms with Crippen molar-refractivity contribution in [3.05, 3.63) is 29.8 Å². The average Bonchev–Trinajstić information content (AvgIpc) is 2.34. The molecule has 0 unspecified atom stereocenters. The first-order chi connectivity index (χ1) is 8.50. The van der Waals surface area contributed by atoms with E-state index in [1.54, 1.807) is 12.1 Å². The number of thiocarbonyl (C=S) groups is 1. The Bertz CT molecular complexity index is 433. The van der Waals surface area contributed by atoms with E-state index in [4.69, 9.17) is 22.7 Å². The van der Waals surface area contributed by atoms with Crippen molar-refractivity contribution in [2.45, 2.75) is 13.8 Å². The van der Waals surface area contributed by atoms with Gasteiger partial charge in [-0.1, -0.05) is 38.2 Å². The topological polar surface area (TPSA) is 64.3 Å². The van der Waals surface area contributed by atoms with Crippen LogP contribution in [0.4, 0.5) is 0 Å². The van der Waals surface area contributed by atoms with E-state index in [1.807, 2.05) is 26.0 Å². The minimum absolute atomic E-state index is 0.0354. The SMILES string of the molecule is CC(C)CNC(=O)COc1ccccc1C(N)=S. The Morgan fingerprint density at radius 2 is 2.11 bits per heavy atom. The van der Waals surface area contributed by atoms with Gasteiger partial charge in [-0.2, -0.15) is 0 Å². The third-order valence-corrected chi connectivity index (χ3v) is 2.44. The van der Waals surface area contributed by atoms with Crippen molar-refractivity contribution in [3.63, 3.8) is 0 Å². The number of carbonyl (C=O) groups is 1. The molecular weight excluding hydrogens is 248 g/mol. The van der Waals surface area contributed by atoms with Crippen LogP contribution in [0.5, 0.6) is 5.75 Å². The normalized spacial score (nSPS) is 10.2. The van der Waals surface area contributed by atoms with E-state index in [9.17, 15) is 4.79 Å². The van der Waals surface area contributed by atoms with Gasteiger partial charge in [0.1, 0.15) is 10.7 Å². The van der Waals surface area contributed by atoms with Crippen molar-refractivity contribution >= 4 is 23.1 Å². The quantitative estimate of drug-likeness (QED) is 0.765. The lowest BCUT2D eigenvalue weighted by Crippen LogP contribution is -2.32. The molecule has 1 aromatic rings. The first kappa shape index (κ1) is 14.4. The van der Waals surface area contributed by atoms with E-state index >= 15 is 0 Å². The third kappa shape index (κ3) is 4.71. The molecule has 1 aromatic carbocycles. The van der Waals surface area contributed by atoms with Gasteiger partial charge in [0.05, 0.1) is 5.56 Å². The number of nitrogens with two attached hydrogens (primary N) is 1. The van der Waals surface area contributed by atoms with Gasteiger partial charge in [-0.3, -0.25) is 4.79 Å². The van der Waals surface area contributed by atoms with Crippen molar-refractivity contribution in [2.24, 2.45) is 11.7 Å². The van der Waals surface area contributed by atoms with Crippen LogP contribution in [-0.4, -0.2) is 24.0 Å². The predicted octanol–water partition coefficient (Wildman–Crippen LogP) is 1.47. The van der Waals surface area contributed by atoms with E-state index in [1.165, 1.54) is 0 Å². The van der Waals surface area contributed by atoms with Crippen LogP contribution >= 0.6 is 12.2 Å². The highest BCUT2D eigenvalue weighted by atomic mass is 32.1. The van der Waals surface area contributed by atoms with Gasteiger partial charge in [-0.25, -0.2) is 0 Å². The number of rotatable bonds is 6. The van der Waals surface area contributed by atoms with Gasteiger partial charge < -0.3 is 15.8 Å². The second kappa shape index (κ2) is 6.96. The highest BCUT2D eigenvalue weighted by molar-refractivity contribution is 7.80. The van der Waals surface area contributed by atoms with Crippen molar-refractivity contribution in [3.8, 4) is 5.75 Å². The number of para-hydroxylation sites is 1. The molecule has 0 saturated heterocycles. The first-order valence-electron chi connectivity index (χ1n) is 5.79. The van der Waals surface area contributed by atoms with Crippen molar-refractivity contribution < 1.29 is 9.53 Å².